The molecule has 7 nitrogen and oxygen atoms in total. The molecule has 116 valence electrons. The molecule has 0 aliphatic carbocycles. The number of nitrogens with zero attached hydrogens (tertiary/aromatic N) is 3. The first-order valence-electron chi connectivity index (χ1n) is 6.66. The molecule has 23 heavy (non-hydrogen) atoms. The number of benzene rings is 1. The molecule has 0 saturated carbocycles. The number of carboxylic acids is 1. The van der Waals surface area contributed by atoms with Crippen molar-refractivity contribution in [2.75, 3.05) is 6.61 Å². The number of carbonyl (C=O) groups is 1. The SMILES string of the molecule is Cc1nc(OCC=CC#N)n(-c2ccccc2)c(=O)c1C(=O)O. The number of aromatic nitrogens is 2. The second-order valence-corrected chi connectivity index (χ2v) is 4.48. The molecule has 1 heterocycles. The molecule has 2 aromatic rings. The van der Waals surface area contributed by atoms with Crippen LogP contribution in [-0.4, -0.2) is 27.2 Å². The standard InChI is InChI=1S/C16H13N3O4/c1-11-13(15(21)22)14(20)19(12-7-3-2-4-8-12)16(18-11)23-10-6-5-9-17/h2-8H,10H2,1H3,(H,21,22). The van der Waals surface area contributed by atoms with Gasteiger partial charge in [-0.3, -0.25) is 4.79 Å². The van der Waals surface area contributed by atoms with Gasteiger partial charge in [-0.2, -0.15) is 5.26 Å². The van der Waals surface area contributed by atoms with Gasteiger partial charge in [-0.05, 0) is 25.1 Å². The van der Waals surface area contributed by atoms with Gasteiger partial charge in [0.1, 0.15) is 12.2 Å². The lowest BCUT2D eigenvalue weighted by atomic mass is 10.2. The highest BCUT2D eigenvalue weighted by Crippen LogP contribution is 2.15. The van der Waals surface area contributed by atoms with Gasteiger partial charge in [0.05, 0.1) is 17.5 Å². The summed E-state index contributed by atoms with van der Waals surface area (Å²) in [6.45, 7) is 1.46. The maximum absolute atomic E-state index is 12.5. The molecule has 7 heteroatoms. The van der Waals surface area contributed by atoms with Gasteiger partial charge in [-0.1, -0.05) is 18.2 Å². The van der Waals surface area contributed by atoms with Crippen molar-refractivity contribution in [2.45, 2.75) is 6.92 Å². The Kier molecular flexibility index (Phi) is 4.89. The summed E-state index contributed by atoms with van der Waals surface area (Å²) in [5.41, 5.74) is -0.634. The number of rotatable bonds is 5. The fourth-order valence-electron chi connectivity index (χ4n) is 1.97. The van der Waals surface area contributed by atoms with Crippen molar-refractivity contribution < 1.29 is 14.6 Å². The van der Waals surface area contributed by atoms with Crippen molar-refractivity contribution in [3.63, 3.8) is 0 Å². The van der Waals surface area contributed by atoms with E-state index in [1.54, 1.807) is 30.3 Å². The smallest absolute Gasteiger partial charge is 0.343 e. The summed E-state index contributed by atoms with van der Waals surface area (Å²) in [7, 11) is 0. The summed E-state index contributed by atoms with van der Waals surface area (Å²) in [5.74, 6) is -1.35. The van der Waals surface area contributed by atoms with Crippen molar-refractivity contribution >= 4 is 5.97 Å². The van der Waals surface area contributed by atoms with E-state index in [0.29, 0.717) is 5.69 Å². The topological polar surface area (TPSA) is 105 Å². The third kappa shape index (κ3) is 3.44. The molecular weight excluding hydrogens is 298 g/mol. The Hall–Kier alpha value is -3.40. The fraction of sp³-hybridized carbons (Fsp3) is 0.125. The van der Waals surface area contributed by atoms with Crippen LogP contribution in [0.25, 0.3) is 5.69 Å². The number of hydrogen-bond acceptors (Lipinski definition) is 5. The van der Waals surface area contributed by atoms with E-state index in [1.807, 2.05) is 6.07 Å². The second-order valence-electron chi connectivity index (χ2n) is 4.48. The number of hydrogen-bond donors (Lipinski definition) is 1. The maximum atomic E-state index is 12.5. The Balaban J connectivity index is 2.61. The van der Waals surface area contributed by atoms with Crippen LogP contribution in [0.2, 0.25) is 0 Å². The van der Waals surface area contributed by atoms with E-state index in [1.165, 1.54) is 19.1 Å². The molecule has 0 aliphatic heterocycles. The van der Waals surface area contributed by atoms with Crippen molar-refractivity contribution in [2.24, 2.45) is 0 Å². The minimum Gasteiger partial charge on any atom is -0.477 e. The van der Waals surface area contributed by atoms with Crippen LogP contribution >= 0.6 is 0 Å². The van der Waals surface area contributed by atoms with Crippen molar-refractivity contribution in [3.05, 3.63) is 64.1 Å². The van der Waals surface area contributed by atoms with E-state index < -0.39 is 17.1 Å². The number of nitriles is 1. The monoisotopic (exact) mass is 311 g/mol. The molecule has 0 unspecified atom stereocenters. The number of aromatic carboxylic acids is 1. The average molecular weight is 311 g/mol. The molecule has 0 fully saturated rings. The van der Waals surface area contributed by atoms with E-state index in [4.69, 9.17) is 10.00 Å². The zero-order valence-corrected chi connectivity index (χ0v) is 12.3. The fourth-order valence-corrected chi connectivity index (χ4v) is 1.97. The lowest BCUT2D eigenvalue weighted by Gasteiger charge is -2.14. The van der Waals surface area contributed by atoms with Crippen LogP contribution in [0.4, 0.5) is 0 Å². The Morgan fingerprint density at radius 3 is 2.74 bits per heavy atom. The summed E-state index contributed by atoms with van der Waals surface area (Å²) >= 11 is 0. The third-order valence-corrected chi connectivity index (χ3v) is 2.96. The van der Waals surface area contributed by atoms with Gasteiger partial charge in [0.25, 0.3) is 5.56 Å². The molecule has 0 amide bonds. The highest BCUT2D eigenvalue weighted by atomic mass is 16.5. The molecule has 0 radical (unpaired) electrons. The minimum absolute atomic E-state index is 0.0265. The normalized spacial score (nSPS) is 10.4. The molecule has 1 aromatic heterocycles. The molecule has 0 spiro atoms. The zero-order chi connectivity index (χ0) is 16.8. The summed E-state index contributed by atoms with van der Waals surface area (Å²) in [4.78, 5) is 27.9. The Morgan fingerprint density at radius 2 is 2.13 bits per heavy atom. The highest BCUT2D eigenvalue weighted by Gasteiger charge is 2.21. The highest BCUT2D eigenvalue weighted by molar-refractivity contribution is 5.88. The van der Waals surface area contributed by atoms with Crippen LogP contribution in [0.1, 0.15) is 16.1 Å². The van der Waals surface area contributed by atoms with Crippen molar-refractivity contribution in [1.82, 2.24) is 9.55 Å². The predicted octanol–water partition coefficient (Wildman–Crippen LogP) is 1.70. The van der Waals surface area contributed by atoms with Crippen LogP contribution in [0.5, 0.6) is 6.01 Å². The third-order valence-electron chi connectivity index (χ3n) is 2.96. The van der Waals surface area contributed by atoms with Gasteiger partial charge in [0, 0.05) is 6.08 Å². The van der Waals surface area contributed by atoms with E-state index in [2.05, 4.69) is 4.98 Å². The maximum Gasteiger partial charge on any atom is 0.343 e. The summed E-state index contributed by atoms with van der Waals surface area (Å²) in [5, 5.41) is 17.7. The minimum atomic E-state index is -1.35. The molecule has 2 rings (SSSR count). The van der Waals surface area contributed by atoms with Crippen LogP contribution in [-0.2, 0) is 0 Å². The molecule has 1 N–H and O–H groups in total. The second kappa shape index (κ2) is 7.04. The molecule has 0 saturated heterocycles. The first kappa shape index (κ1) is 16.0. The summed E-state index contributed by atoms with van der Waals surface area (Å²) in [6, 6.07) is 10.3. The number of para-hydroxylation sites is 1. The predicted molar refractivity (Wildman–Crippen MR) is 81.8 cm³/mol. The zero-order valence-electron chi connectivity index (χ0n) is 12.3. The first-order chi connectivity index (χ1) is 11.1. The van der Waals surface area contributed by atoms with E-state index >= 15 is 0 Å². The van der Waals surface area contributed by atoms with Gasteiger partial charge < -0.3 is 9.84 Å². The van der Waals surface area contributed by atoms with Crippen LogP contribution in [0, 0.1) is 18.3 Å². The summed E-state index contributed by atoms with van der Waals surface area (Å²) in [6.07, 6.45) is 2.70. The van der Waals surface area contributed by atoms with E-state index in [9.17, 15) is 14.7 Å². The molecule has 0 bridgehead atoms. The van der Waals surface area contributed by atoms with Crippen LogP contribution in [0.15, 0.2) is 47.3 Å². The average Bonchev–Trinajstić information content (AvgIpc) is 2.52. The Labute approximate surface area is 131 Å². The number of carboxylic acid groups (broad SMARTS) is 1. The van der Waals surface area contributed by atoms with E-state index in [-0.39, 0.29) is 18.3 Å². The first-order valence-corrected chi connectivity index (χ1v) is 6.66. The molecular formula is C16H13N3O4. The van der Waals surface area contributed by atoms with Crippen molar-refractivity contribution in [3.8, 4) is 17.8 Å². The Bertz CT molecular complexity index is 848. The van der Waals surface area contributed by atoms with Crippen LogP contribution < -0.4 is 10.3 Å². The molecule has 0 aliphatic rings. The Morgan fingerprint density at radius 1 is 1.43 bits per heavy atom. The van der Waals surface area contributed by atoms with Gasteiger partial charge in [-0.15, -0.1) is 0 Å². The van der Waals surface area contributed by atoms with Gasteiger partial charge in [0.15, 0.2) is 0 Å². The number of aryl methyl sites for hydroxylation is 1. The van der Waals surface area contributed by atoms with Crippen molar-refractivity contribution in [1.29, 1.82) is 5.26 Å². The largest absolute Gasteiger partial charge is 0.477 e. The quantitative estimate of drug-likeness (QED) is 0.842. The number of allylic oxidation sites excluding steroid dienone is 1. The van der Waals surface area contributed by atoms with Gasteiger partial charge in [-0.25, -0.2) is 14.3 Å². The lowest BCUT2D eigenvalue weighted by molar-refractivity contribution is 0.0692. The van der Waals surface area contributed by atoms with Gasteiger partial charge in [0.2, 0.25) is 0 Å². The molecule has 1 aromatic carbocycles. The van der Waals surface area contributed by atoms with E-state index in [0.717, 1.165) is 4.57 Å². The lowest BCUT2D eigenvalue weighted by Crippen LogP contribution is -2.29. The van der Waals surface area contributed by atoms with Crippen LogP contribution in [0.3, 0.4) is 0 Å². The van der Waals surface area contributed by atoms with Gasteiger partial charge >= 0.3 is 12.0 Å². The number of ether oxygens (including phenoxy) is 1. The summed E-state index contributed by atoms with van der Waals surface area (Å²) < 4.78 is 6.50. The molecule has 0 atom stereocenters.